The van der Waals surface area contributed by atoms with E-state index < -0.39 is 0 Å². The van der Waals surface area contributed by atoms with E-state index in [0.29, 0.717) is 21.9 Å². The zero-order valence-electron chi connectivity index (χ0n) is 19.4. The molecule has 0 aliphatic heterocycles. The molecular weight excluding hydrogens is 432 g/mol. The van der Waals surface area contributed by atoms with Crippen LogP contribution in [0.4, 0.5) is 10.7 Å². The van der Waals surface area contributed by atoms with E-state index in [9.17, 15) is 9.90 Å². The van der Waals surface area contributed by atoms with Gasteiger partial charge in [0.1, 0.15) is 5.00 Å². The third-order valence-corrected chi connectivity index (χ3v) is 7.50. The van der Waals surface area contributed by atoms with Crippen molar-refractivity contribution >= 4 is 34.1 Å². The van der Waals surface area contributed by atoms with Crippen molar-refractivity contribution < 1.29 is 14.6 Å². The molecular formula is C27H30N2O3S. The Morgan fingerprint density at radius 3 is 2.64 bits per heavy atom. The lowest BCUT2D eigenvalue weighted by molar-refractivity contribution is 0.102. The number of aryl methyl sites for hydroxylation is 2. The molecule has 1 aliphatic carbocycles. The molecule has 3 aromatic rings. The Kier molecular flexibility index (Phi) is 7.14. The average molecular weight is 463 g/mol. The number of ether oxygens (including phenoxy) is 1. The van der Waals surface area contributed by atoms with Crippen LogP contribution in [0.15, 0.2) is 41.4 Å². The number of fused-ring (bicyclic) bond motifs is 1. The Morgan fingerprint density at radius 1 is 1.09 bits per heavy atom. The van der Waals surface area contributed by atoms with Crippen molar-refractivity contribution in [2.75, 3.05) is 12.4 Å². The van der Waals surface area contributed by atoms with E-state index in [1.807, 2.05) is 38.1 Å². The number of hydrogen-bond donors (Lipinski definition) is 2. The first-order chi connectivity index (χ1) is 16.0. The molecule has 0 unspecified atom stereocenters. The largest absolute Gasteiger partial charge is 0.504 e. The van der Waals surface area contributed by atoms with Crippen molar-refractivity contribution in [3.63, 3.8) is 0 Å². The van der Waals surface area contributed by atoms with Crippen molar-refractivity contribution in [3.05, 3.63) is 69.1 Å². The number of carbonyl (C=O) groups is 1. The molecule has 172 valence electrons. The van der Waals surface area contributed by atoms with Crippen molar-refractivity contribution in [2.45, 2.75) is 52.4 Å². The third-order valence-electron chi connectivity index (χ3n) is 6.30. The summed E-state index contributed by atoms with van der Waals surface area (Å²) in [6.45, 7) is 4.06. The first kappa shape index (κ1) is 23.1. The number of hydrogen-bond acceptors (Lipinski definition) is 5. The number of phenols is 1. The molecule has 0 atom stereocenters. The molecule has 0 bridgehead atoms. The first-order valence-electron chi connectivity index (χ1n) is 11.4. The van der Waals surface area contributed by atoms with Gasteiger partial charge in [0.15, 0.2) is 11.5 Å². The first-order valence-corrected chi connectivity index (χ1v) is 12.2. The SMILES string of the molecule is COc1cccc(C=Nc2sc3c(c2C(=O)Nc2cccc(C)c2C)CCCCCC3)c1O. The molecule has 0 fully saturated rings. The van der Waals surface area contributed by atoms with Gasteiger partial charge in [-0.25, -0.2) is 4.99 Å². The number of anilines is 1. The summed E-state index contributed by atoms with van der Waals surface area (Å²) < 4.78 is 5.21. The number of aromatic hydroxyl groups is 1. The summed E-state index contributed by atoms with van der Waals surface area (Å²) in [6, 6.07) is 11.2. The molecule has 33 heavy (non-hydrogen) atoms. The molecule has 0 spiro atoms. The highest BCUT2D eigenvalue weighted by molar-refractivity contribution is 7.16. The standard InChI is InChI=1S/C27H30N2O3S/c1-17-10-8-13-21(18(17)2)29-26(31)24-20-12-6-4-5-7-15-23(20)33-27(24)28-16-19-11-9-14-22(32-3)25(19)30/h8-11,13-14,16,30H,4-7,12,15H2,1-3H3,(H,29,31). The second-order valence-electron chi connectivity index (χ2n) is 8.46. The number of benzene rings is 2. The maximum absolute atomic E-state index is 13.6. The van der Waals surface area contributed by atoms with Crippen molar-refractivity contribution in [1.29, 1.82) is 0 Å². The summed E-state index contributed by atoms with van der Waals surface area (Å²) in [5.41, 5.74) is 5.37. The second kappa shape index (κ2) is 10.2. The predicted octanol–water partition coefficient (Wildman–Crippen LogP) is 6.74. The molecule has 1 amide bonds. The van der Waals surface area contributed by atoms with Crippen LogP contribution >= 0.6 is 11.3 Å². The Bertz CT molecular complexity index is 1200. The van der Waals surface area contributed by atoms with Crippen LogP contribution in [0.25, 0.3) is 0 Å². The van der Waals surface area contributed by atoms with Gasteiger partial charge in [0, 0.05) is 22.3 Å². The Morgan fingerprint density at radius 2 is 1.85 bits per heavy atom. The number of nitrogens with one attached hydrogen (secondary N) is 1. The van der Waals surface area contributed by atoms with E-state index in [1.54, 1.807) is 29.7 Å². The summed E-state index contributed by atoms with van der Waals surface area (Å²) >= 11 is 1.59. The van der Waals surface area contributed by atoms with Crippen LogP contribution in [0.5, 0.6) is 11.5 Å². The van der Waals surface area contributed by atoms with Crippen molar-refractivity contribution in [2.24, 2.45) is 4.99 Å². The number of aliphatic imine (C=N–C) groups is 1. The zero-order valence-corrected chi connectivity index (χ0v) is 20.2. The van der Waals surface area contributed by atoms with Crippen molar-refractivity contribution in [3.8, 4) is 11.5 Å². The molecule has 1 aromatic heterocycles. The molecule has 0 saturated carbocycles. The van der Waals surface area contributed by atoms with Crippen molar-refractivity contribution in [1.82, 2.24) is 0 Å². The summed E-state index contributed by atoms with van der Waals surface area (Å²) in [5, 5.41) is 14.3. The molecule has 4 rings (SSSR count). The van der Waals surface area contributed by atoms with E-state index in [1.165, 1.54) is 24.8 Å². The van der Waals surface area contributed by atoms with Gasteiger partial charge in [-0.1, -0.05) is 31.0 Å². The van der Waals surface area contributed by atoms with Crippen LogP contribution < -0.4 is 10.1 Å². The third kappa shape index (κ3) is 4.96. The van der Waals surface area contributed by atoms with E-state index in [4.69, 9.17) is 9.73 Å². The van der Waals surface area contributed by atoms with Crippen LogP contribution in [0.2, 0.25) is 0 Å². The van der Waals surface area contributed by atoms with Crippen LogP contribution in [-0.2, 0) is 12.8 Å². The van der Waals surface area contributed by atoms with Gasteiger partial charge in [-0.2, -0.15) is 0 Å². The lowest BCUT2D eigenvalue weighted by atomic mass is 9.96. The van der Waals surface area contributed by atoms with E-state index in [0.717, 1.165) is 48.1 Å². The molecule has 1 aliphatic rings. The number of phenolic OH excluding ortho intramolecular Hbond substituents is 1. The monoisotopic (exact) mass is 462 g/mol. The van der Waals surface area contributed by atoms with Crippen LogP contribution in [0, 0.1) is 13.8 Å². The summed E-state index contributed by atoms with van der Waals surface area (Å²) in [7, 11) is 1.52. The van der Waals surface area contributed by atoms with Crippen LogP contribution in [0.1, 0.15) is 63.2 Å². The van der Waals surface area contributed by atoms with Crippen LogP contribution in [-0.4, -0.2) is 24.3 Å². The number of rotatable bonds is 5. The number of nitrogens with zero attached hydrogens (tertiary/aromatic N) is 1. The van der Waals surface area contributed by atoms with E-state index in [-0.39, 0.29) is 11.7 Å². The van der Waals surface area contributed by atoms with Gasteiger partial charge in [0.25, 0.3) is 5.91 Å². The highest BCUT2D eigenvalue weighted by Crippen LogP contribution is 2.40. The van der Waals surface area contributed by atoms with E-state index >= 15 is 0 Å². The maximum atomic E-state index is 13.6. The minimum Gasteiger partial charge on any atom is -0.504 e. The van der Waals surface area contributed by atoms with Gasteiger partial charge < -0.3 is 15.2 Å². The molecule has 0 radical (unpaired) electrons. The lowest BCUT2D eigenvalue weighted by Gasteiger charge is -2.13. The van der Waals surface area contributed by atoms with Gasteiger partial charge in [0.2, 0.25) is 0 Å². The molecule has 1 heterocycles. The Balaban J connectivity index is 1.74. The fourth-order valence-corrected chi connectivity index (χ4v) is 5.47. The second-order valence-corrected chi connectivity index (χ2v) is 9.54. The lowest BCUT2D eigenvalue weighted by Crippen LogP contribution is -2.15. The average Bonchev–Trinajstić information content (AvgIpc) is 3.12. The predicted molar refractivity (Wildman–Crippen MR) is 136 cm³/mol. The number of thiophene rings is 1. The van der Waals surface area contributed by atoms with Gasteiger partial charge in [0.05, 0.1) is 12.7 Å². The van der Waals surface area contributed by atoms with Gasteiger partial charge >= 0.3 is 0 Å². The maximum Gasteiger partial charge on any atom is 0.259 e. The number of carbonyl (C=O) groups excluding carboxylic acids is 1. The summed E-state index contributed by atoms with van der Waals surface area (Å²) in [4.78, 5) is 19.5. The smallest absolute Gasteiger partial charge is 0.259 e. The number of methoxy groups -OCH3 is 1. The quantitative estimate of drug-likeness (QED) is 0.412. The highest BCUT2D eigenvalue weighted by atomic mass is 32.1. The minimum atomic E-state index is -0.121. The topological polar surface area (TPSA) is 70.9 Å². The summed E-state index contributed by atoms with van der Waals surface area (Å²) in [6.07, 6.45) is 8.09. The van der Waals surface area contributed by atoms with Crippen LogP contribution in [0.3, 0.4) is 0 Å². The molecule has 5 nitrogen and oxygen atoms in total. The normalized spacial score (nSPS) is 13.9. The van der Waals surface area contributed by atoms with Gasteiger partial charge in [-0.3, -0.25) is 4.79 Å². The summed E-state index contributed by atoms with van der Waals surface area (Å²) in [5.74, 6) is 0.314. The van der Waals surface area contributed by atoms with E-state index in [2.05, 4.69) is 5.32 Å². The molecule has 2 aromatic carbocycles. The molecule has 2 N–H and O–H groups in total. The zero-order chi connectivity index (χ0) is 23.4. The molecule has 6 heteroatoms. The number of para-hydroxylation sites is 1. The number of amides is 1. The Hall–Kier alpha value is -3.12. The van der Waals surface area contributed by atoms with Gasteiger partial charge in [-0.15, -0.1) is 11.3 Å². The molecule has 0 saturated heterocycles. The minimum absolute atomic E-state index is 0.0417. The Labute approximate surface area is 199 Å². The van der Waals surface area contributed by atoms with Gasteiger partial charge in [-0.05, 0) is 74.4 Å². The fraction of sp³-hybridized carbons (Fsp3) is 0.333. The fourth-order valence-electron chi connectivity index (χ4n) is 4.24. The highest BCUT2D eigenvalue weighted by Gasteiger charge is 2.24.